The highest BCUT2D eigenvalue weighted by Gasteiger charge is 2.34. The van der Waals surface area contributed by atoms with Crippen LogP contribution >= 0.6 is 70.2 Å². The molecular weight excluding hydrogens is 460 g/mol. The number of carbonyl (C=O) groups excluding carboxylic acids is 1. The Bertz CT molecular complexity index is 778. The number of halogens is 5. The van der Waals surface area contributed by atoms with Crippen LogP contribution in [-0.2, 0) is 0 Å². The molecule has 0 fully saturated rings. The van der Waals surface area contributed by atoms with Crippen molar-refractivity contribution >= 4 is 86.9 Å². The second-order valence-corrected chi connectivity index (χ2v) is 8.71. The van der Waals surface area contributed by atoms with E-state index < -0.39 is 15.9 Å². The summed E-state index contributed by atoms with van der Waals surface area (Å²) in [5.41, 5.74) is 1.03. The average molecular weight is 472 g/mol. The summed E-state index contributed by atoms with van der Waals surface area (Å²) in [4.78, 5) is 12.3. The zero-order valence-corrected chi connectivity index (χ0v) is 17.5. The maximum Gasteiger partial charge on any atom is 0.252 e. The van der Waals surface area contributed by atoms with Crippen LogP contribution in [0.3, 0.4) is 0 Å². The molecule has 1 atom stereocenters. The zero-order valence-electron chi connectivity index (χ0n) is 12.9. The van der Waals surface area contributed by atoms with Crippen molar-refractivity contribution in [2.75, 3.05) is 5.32 Å². The molecule has 0 bridgehead atoms. The summed E-state index contributed by atoms with van der Waals surface area (Å²) in [5.74, 6) is -0.459. The Labute approximate surface area is 181 Å². The Balaban J connectivity index is 2.04. The van der Waals surface area contributed by atoms with Crippen molar-refractivity contribution in [3.05, 3.63) is 64.1 Å². The maximum absolute atomic E-state index is 12.3. The smallest absolute Gasteiger partial charge is 0.252 e. The number of benzene rings is 2. The third-order valence-electron chi connectivity index (χ3n) is 3.09. The van der Waals surface area contributed by atoms with Crippen LogP contribution in [0.1, 0.15) is 10.4 Å². The van der Waals surface area contributed by atoms with E-state index in [1.807, 2.05) is 0 Å². The van der Waals surface area contributed by atoms with Gasteiger partial charge >= 0.3 is 0 Å². The molecule has 0 saturated carbocycles. The van der Waals surface area contributed by atoms with Gasteiger partial charge in [-0.15, -0.1) is 0 Å². The lowest BCUT2D eigenvalue weighted by Crippen LogP contribution is -2.56. The lowest BCUT2D eigenvalue weighted by molar-refractivity contribution is 0.0934. The number of anilines is 1. The first-order valence-electron chi connectivity index (χ1n) is 7.11. The molecule has 26 heavy (non-hydrogen) atoms. The fourth-order valence-electron chi connectivity index (χ4n) is 1.85. The van der Waals surface area contributed by atoms with Gasteiger partial charge in [0.1, 0.15) is 6.17 Å². The Hall–Kier alpha value is -0.950. The summed E-state index contributed by atoms with van der Waals surface area (Å²) in [7, 11) is 0. The summed E-state index contributed by atoms with van der Waals surface area (Å²) in [6.07, 6.45) is -1.08. The minimum Gasteiger partial charge on any atom is -0.339 e. The lowest BCUT2D eigenvalue weighted by atomic mass is 10.2. The van der Waals surface area contributed by atoms with E-state index in [0.29, 0.717) is 21.3 Å². The first-order valence-corrected chi connectivity index (χ1v) is 9.41. The topological polar surface area (TPSA) is 53.2 Å². The van der Waals surface area contributed by atoms with Gasteiger partial charge in [0.05, 0.1) is 0 Å². The van der Waals surface area contributed by atoms with Gasteiger partial charge in [0.25, 0.3) is 5.91 Å². The van der Waals surface area contributed by atoms with E-state index in [4.69, 9.17) is 70.2 Å². The van der Waals surface area contributed by atoms with Crippen molar-refractivity contribution in [2.45, 2.75) is 9.96 Å². The van der Waals surface area contributed by atoms with Crippen LogP contribution in [-0.4, -0.2) is 21.0 Å². The quantitative estimate of drug-likeness (QED) is 0.317. The SMILES string of the molecule is O=C(NC(NC(=S)Nc1ccc(Cl)cc1)C(Cl)(Cl)Cl)c1ccc(Cl)cc1. The van der Waals surface area contributed by atoms with Gasteiger partial charge in [-0.05, 0) is 60.7 Å². The maximum atomic E-state index is 12.3. The number of carbonyl (C=O) groups is 1. The van der Waals surface area contributed by atoms with Gasteiger partial charge in [-0.25, -0.2) is 0 Å². The molecule has 2 aromatic carbocycles. The second-order valence-electron chi connectivity index (χ2n) is 5.06. The molecular formula is C16H12Cl5N3OS. The molecule has 3 N–H and O–H groups in total. The minimum atomic E-state index is -1.85. The number of nitrogens with one attached hydrogen (secondary N) is 3. The Morgan fingerprint density at radius 1 is 0.885 bits per heavy atom. The van der Waals surface area contributed by atoms with E-state index in [9.17, 15) is 4.79 Å². The van der Waals surface area contributed by atoms with Crippen LogP contribution in [0.2, 0.25) is 10.0 Å². The molecule has 0 aliphatic rings. The number of amides is 1. The molecule has 4 nitrogen and oxygen atoms in total. The summed E-state index contributed by atoms with van der Waals surface area (Å²) in [6.45, 7) is 0. The van der Waals surface area contributed by atoms with Crippen LogP contribution in [0.15, 0.2) is 48.5 Å². The van der Waals surface area contributed by atoms with Crippen molar-refractivity contribution in [2.24, 2.45) is 0 Å². The van der Waals surface area contributed by atoms with Gasteiger partial charge < -0.3 is 16.0 Å². The molecule has 0 heterocycles. The second kappa shape index (κ2) is 9.31. The molecule has 1 unspecified atom stereocenters. The normalized spacial score (nSPS) is 12.2. The van der Waals surface area contributed by atoms with Gasteiger partial charge in [0.2, 0.25) is 3.79 Å². The Kier molecular flexibility index (Phi) is 7.64. The number of hydrogen-bond acceptors (Lipinski definition) is 2. The number of alkyl halides is 3. The third-order valence-corrected chi connectivity index (χ3v) is 4.47. The fraction of sp³-hybridized carbons (Fsp3) is 0.125. The molecule has 0 spiro atoms. The van der Waals surface area contributed by atoms with E-state index in [1.165, 1.54) is 0 Å². The predicted molar refractivity (Wildman–Crippen MR) is 114 cm³/mol. The summed E-state index contributed by atoms with van der Waals surface area (Å²) in [5, 5.41) is 9.50. The first kappa shape index (κ1) is 21.4. The van der Waals surface area contributed by atoms with Crippen molar-refractivity contribution < 1.29 is 4.79 Å². The highest BCUT2D eigenvalue weighted by molar-refractivity contribution is 7.80. The molecule has 2 aromatic rings. The van der Waals surface area contributed by atoms with E-state index in [2.05, 4.69) is 16.0 Å². The van der Waals surface area contributed by atoms with Crippen LogP contribution in [0.4, 0.5) is 5.69 Å². The van der Waals surface area contributed by atoms with Crippen molar-refractivity contribution in [3.63, 3.8) is 0 Å². The predicted octanol–water partition coefficient (Wildman–Crippen LogP) is 5.41. The molecule has 0 saturated heterocycles. The fourth-order valence-corrected chi connectivity index (χ4v) is 2.66. The summed E-state index contributed by atoms with van der Waals surface area (Å²) < 4.78 is -1.85. The standard InChI is InChI=1S/C16H12Cl5N3OS/c17-10-3-1-9(2-4-10)13(25)23-14(16(19,20)21)24-15(26)22-12-7-5-11(18)6-8-12/h1-8,14H,(H,23,25)(H2,22,24,26). The van der Waals surface area contributed by atoms with E-state index in [0.717, 1.165) is 0 Å². The molecule has 138 valence electrons. The number of hydrogen-bond donors (Lipinski definition) is 3. The van der Waals surface area contributed by atoms with Crippen LogP contribution in [0.5, 0.6) is 0 Å². The van der Waals surface area contributed by atoms with Gasteiger partial charge in [0, 0.05) is 21.3 Å². The minimum absolute atomic E-state index is 0.153. The molecule has 2 rings (SSSR count). The molecule has 10 heteroatoms. The van der Waals surface area contributed by atoms with Gasteiger partial charge in [-0.2, -0.15) is 0 Å². The Morgan fingerprint density at radius 2 is 1.38 bits per heavy atom. The van der Waals surface area contributed by atoms with Gasteiger partial charge in [0.15, 0.2) is 5.11 Å². The van der Waals surface area contributed by atoms with Crippen LogP contribution in [0.25, 0.3) is 0 Å². The third kappa shape index (κ3) is 6.65. The first-order chi connectivity index (χ1) is 12.1. The molecule has 0 aromatic heterocycles. The zero-order chi connectivity index (χ0) is 19.3. The molecule has 0 aliphatic carbocycles. The van der Waals surface area contributed by atoms with Crippen molar-refractivity contribution in [3.8, 4) is 0 Å². The van der Waals surface area contributed by atoms with Gasteiger partial charge in [-0.1, -0.05) is 58.0 Å². The van der Waals surface area contributed by atoms with E-state index in [-0.39, 0.29) is 5.11 Å². The number of thiocarbonyl (C=S) groups is 1. The molecule has 0 aliphatic heterocycles. The highest BCUT2D eigenvalue weighted by atomic mass is 35.6. The monoisotopic (exact) mass is 469 g/mol. The van der Waals surface area contributed by atoms with E-state index >= 15 is 0 Å². The average Bonchev–Trinajstić information content (AvgIpc) is 2.56. The Morgan fingerprint density at radius 3 is 1.88 bits per heavy atom. The summed E-state index contributed by atoms with van der Waals surface area (Å²) >= 11 is 34.7. The van der Waals surface area contributed by atoms with Gasteiger partial charge in [-0.3, -0.25) is 4.79 Å². The van der Waals surface area contributed by atoms with E-state index in [1.54, 1.807) is 48.5 Å². The van der Waals surface area contributed by atoms with Crippen molar-refractivity contribution in [1.82, 2.24) is 10.6 Å². The van der Waals surface area contributed by atoms with Crippen LogP contribution < -0.4 is 16.0 Å². The van der Waals surface area contributed by atoms with Crippen LogP contribution in [0, 0.1) is 0 Å². The largest absolute Gasteiger partial charge is 0.339 e. The summed E-state index contributed by atoms with van der Waals surface area (Å²) in [6, 6.07) is 13.1. The molecule has 0 radical (unpaired) electrons. The molecule has 1 amide bonds. The number of rotatable bonds is 4. The highest BCUT2D eigenvalue weighted by Crippen LogP contribution is 2.29. The van der Waals surface area contributed by atoms with Crippen molar-refractivity contribution in [1.29, 1.82) is 0 Å². The lowest BCUT2D eigenvalue weighted by Gasteiger charge is -2.27.